The number of anilines is 2. The van der Waals surface area contributed by atoms with E-state index in [2.05, 4.69) is 97.6 Å². The first-order chi connectivity index (χ1) is 15.9. The fraction of sp³-hybridized carbons (Fsp3) is 0.654. The summed E-state index contributed by atoms with van der Waals surface area (Å²) in [7, 11) is -1.91. The molecule has 186 valence electrons. The second kappa shape index (κ2) is 9.20. The smallest absolute Gasteiger partial charge is 0.227 e. The Morgan fingerprint density at radius 2 is 1.76 bits per heavy atom. The summed E-state index contributed by atoms with van der Waals surface area (Å²) >= 11 is 0. The van der Waals surface area contributed by atoms with Gasteiger partial charge in [0.15, 0.2) is 8.32 Å². The van der Waals surface area contributed by atoms with E-state index in [0.29, 0.717) is 11.9 Å². The number of aliphatic hydroxyl groups excluding tert-OH is 1. The second-order valence-electron chi connectivity index (χ2n) is 12.2. The summed E-state index contributed by atoms with van der Waals surface area (Å²) < 4.78 is 6.67. The Bertz CT molecular complexity index is 1010. The maximum absolute atomic E-state index is 10.0. The molecule has 0 radical (unpaired) electrons. The molecular formula is C26H41N5O2Si. The lowest BCUT2D eigenvalue weighted by Crippen LogP contribution is -2.45. The molecule has 1 fully saturated rings. The van der Waals surface area contributed by atoms with Gasteiger partial charge in [-0.3, -0.25) is 0 Å². The number of nitrogens with zero attached hydrogens (tertiary/aromatic N) is 3. The number of fused-ring (bicyclic) bond motifs is 1. The van der Waals surface area contributed by atoms with Crippen molar-refractivity contribution in [2.45, 2.75) is 95.6 Å². The van der Waals surface area contributed by atoms with Crippen LogP contribution in [0, 0.1) is 5.92 Å². The standard InChI is InChI=1S/C26H41N5O2Si/c1-25(2,3)34(6,7)33-22-13-18(12-17(22)15-32)29-23-27-16-28-24(31-23)30-21-14-26(4,5)20-11-9-8-10-19(20)21/h8-11,16-18,21-22,32H,12-15H2,1-7H3,(H2,27,28,29,30,31)/t17-,18+,21-,22-/m0/s1. The molecule has 0 unspecified atom stereocenters. The van der Waals surface area contributed by atoms with E-state index in [9.17, 15) is 5.11 Å². The normalized spacial score (nSPS) is 26.4. The zero-order valence-electron chi connectivity index (χ0n) is 21.7. The van der Waals surface area contributed by atoms with Crippen LogP contribution in [-0.4, -0.2) is 47.1 Å². The zero-order valence-corrected chi connectivity index (χ0v) is 22.7. The van der Waals surface area contributed by atoms with E-state index >= 15 is 0 Å². The van der Waals surface area contributed by atoms with Gasteiger partial charge in [0, 0.05) is 18.6 Å². The molecule has 8 heteroatoms. The Morgan fingerprint density at radius 3 is 2.44 bits per heavy atom. The molecule has 1 saturated carbocycles. The Kier molecular flexibility index (Phi) is 6.79. The molecule has 3 N–H and O–H groups in total. The highest BCUT2D eigenvalue weighted by Crippen LogP contribution is 2.45. The first kappa shape index (κ1) is 25.1. The van der Waals surface area contributed by atoms with Crippen LogP contribution in [0.5, 0.6) is 0 Å². The number of aliphatic hydroxyl groups is 1. The van der Waals surface area contributed by atoms with Crippen molar-refractivity contribution in [1.29, 1.82) is 0 Å². The lowest BCUT2D eigenvalue weighted by atomic mass is 9.86. The highest BCUT2D eigenvalue weighted by atomic mass is 28.4. The molecule has 0 bridgehead atoms. The van der Waals surface area contributed by atoms with E-state index in [1.54, 1.807) is 6.33 Å². The number of hydrogen-bond acceptors (Lipinski definition) is 7. The van der Waals surface area contributed by atoms with Crippen molar-refractivity contribution in [2.75, 3.05) is 17.2 Å². The second-order valence-corrected chi connectivity index (χ2v) is 16.9. The van der Waals surface area contributed by atoms with Crippen molar-refractivity contribution in [2.24, 2.45) is 5.92 Å². The van der Waals surface area contributed by atoms with E-state index in [0.717, 1.165) is 19.3 Å². The van der Waals surface area contributed by atoms with Crippen molar-refractivity contribution in [3.05, 3.63) is 41.7 Å². The van der Waals surface area contributed by atoms with E-state index in [4.69, 9.17) is 4.43 Å². The third-order valence-electron chi connectivity index (χ3n) is 8.10. The van der Waals surface area contributed by atoms with Crippen LogP contribution in [0.25, 0.3) is 0 Å². The molecule has 34 heavy (non-hydrogen) atoms. The van der Waals surface area contributed by atoms with Gasteiger partial charge in [-0.15, -0.1) is 0 Å². The molecule has 7 nitrogen and oxygen atoms in total. The summed E-state index contributed by atoms with van der Waals surface area (Å²) in [5, 5.41) is 17.2. The molecule has 0 amide bonds. The summed E-state index contributed by atoms with van der Waals surface area (Å²) in [5.41, 5.74) is 2.81. The predicted molar refractivity (Wildman–Crippen MR) is 140 cm³/mol. The monoisotopic (exact) mass is 483 g/mol. The quantitative estimate of drug-likeness (QED) is 0.461. The molecular weight excluding hydrogens is 442 g/mol. The van der Waals surface area contributed by atoms with Gasteiger partial charge in [-0.05, 0) is 53.9 Å². The minimum Gasteiger partial charge on any atom is -0.413 e. The number of nitrogens with one attached hydrogen (secondary N) is 2. The summed E-state index contributed by atoms with van der Waals surface area (Å²) in [6, 6.07) is 8.95. The Morgan fingerprint density at radius 1 is 1.09 bits per heavy atom. The van der Waals surface area contributed by atoms with Crippen LogP contribution in [0.15, 0.2) is 30.6 Å². The van der Waals surface area contributed by atoms with Gasteiger partial charge in [0.1, 0.15) is 6.33 Å². The van der Waals surface area contributed by atoms with Gasteiger partial charge >= 0.3 is 0 Å². The lowest BCUT2D eigenvalue weighted by Gasteiger charge is -2.39. The summed E-state index contributed by atoms with van der Waals surface area (Å²) in [4.78, 5) is 13.4. The fourth-order valence-electron chi connectivity index (χ4n) is 5.15. The summed E-state index contributed by atoms with van der Waals surface area (Å²) in [6.07, 6.45) is 4.30. The van der Waals surface area contributed by atoms with Gasteiger partial charge in [0.25, 0.3) is 0 Å². The molecule has 4 rings (SSSR count). The van der Waals surface area contributed by atoms with Crippen LogP contribution in [0.2, 0.25) is 18.1 Å². The van der Waals surface area contributed by atoms with Crippen molar-refractivity contribution in [1.82, 2.24) is 15.0 Å². The van der Waals surface area contributed by atoms with E-state index in [-0.39, 0.29) is 41.2 Å². The van der Waals surface area contributed by atoms with Gasteiger partial charge in [-0.2, -0.15) is 4.98 Å². The Labute approximate surface area is 205 Å². The van der Waals surface area contributed by atoms with Crippen LogP contribution in [0.4, 0.5) is 11.9 Å². The minimum atomic E-state index is -1.91. The molecule has 2 aromatic rings. The third kappa shape index (κ3) is 5.14. The van der Waals surface area contributed by atoms with Gasteiger partial charge in [0.2, 0.25) is 11.9 Å². The SMILES string of the molecule is CC1(C)C[C@H](Nc2ncnc(N[C@@H]3C[C@@H](CO)[C@@H](O[Si](C)(C)C(C)(C)C)C3)n2)c2ccccc21. The highest BCUT2D eigenvalue weighted by molar-refractivity contribution is 6.74. The zero-order chi connectivity index (χ0) is 24.7. The average Bonchev–Trinajstić information content (AvgIpc) is 3.24. The van der Waals surface area contributed by atoms with Gasteiger partial charge in [-0.25, -0.2) is 9.97 Å². The van der Waals surface area contributed by atoms with Gasteiger partial charge in [-0.1, -0.05) is 58.9 Å². The summed E-state index contributed by atoms with van der Waals surface area (Å²) in [5.74, 6) is 1.28. The van der Waals surface area contributed by atoms with Crippen LogP contribution in [0.1, 0.15) is 71.0 Å². The maximum atomic E-state index is 10.0. The van der Waals surface area contributed by atoms with Crippen LogP contribution in [-0.2, 0) is 9.84 Å². The van der Waals surface area contributed by atoms with Gasteiger partial charge < -0.3 is 20.2 Å². The molecule has 2 aliphatic carbocycles. The molecule has 0 aliphatic heterocycles. The average molecular weight is 484 g/mol. The Balaban J connectivity index is 1.42. The molecule has 4 atom stereocenters. The molecule has 0 saturated heterocycles. The van der Waals surface area contributed by atoms with Crippen molar-refractivity contribution < 1.29 is 9.53 Å². The lowest BCUT2D eigenvalue weighted by molar-refractivity contribution is 0.0980. The predicted octanol–water partition coefficient (Wildman–Crippen LogP) is 5.28. The van der Waals surface area contributed by atoms with Crippen LogP contribution in [0.3, 0.4) is 0 Å². The molecule has 0 spiro atoms. The number of rotatable bonds is 7. The fourth-order valence-corrected chi connectivity index (χ4v) is 6.54. The van der Waals surface area contributed by atoms with E-state index < -0.39 is 8.32 Å². The van der Waals surface area contributed by atoms with E-state index in [1.165, 1.54) is 11.1 Å². The topological polar surface area (TPSA) is 92.2 Å². The molecule has 1 aromatic carbocycles. The first-order valence-electron chi connectivity index (χ1n) is 12.5. The van der Waals surface area contributed by atoms with Crippen molar-refractivity contribution >= 4 is 20.2 Å². The maximum Gasteiger partial charge on any atom is 0.227 e. The minimum absolute atomic E-state index is 0.0556. The number of hydrogen-bond donors (Lipinski definition) is 3. The first-order valence-corrected chi connectivity index (χ1v) is 15.4. The molecule has 2 aliphatic rings. The largest absolute Gasteiger partial charge is 0.413 e. The van der Waals surface area contributed by atoms with Crippen molar-refractivity contribution in [3.8, 4) is 0 Å². The molecule has 1 heterocycles. The van der Waals surface area contributed by atoms with Crippen molar-refractivity contribution in [3.63, 3.8) is 0 Å². The van der Waals surface area contributed by atoms with Crippen LogP contribution >= 0.6 is 0 Å². The highest BCUT2D eigenvalue weighted by Gasteiger charge is 2.44. The number of aromatic nitrogens is 3. The number of benzene rings is 1. The third-order valence-corrected chi connectivity index (χ3v) is 12.6. The van der Waals surface area contributed by atoms with Gasteiger partial charge in [0.05, 0.1) is 12.1 Å². The van der Waals surface area contributed by atoms with Crippen LogP contribution < -0.4 is 10.6 Å². The molecule has 1 aromatic heterocycles. The van der Waals surface area contributed by atoms with E-state index in [1.807, 2.05) is 0 Å². The summed E-state index contributed by atoms with van der Waals surface area (Å²) in [6.45, 7) is 16.0. The Hall–Kier alpha value is -2.03.